The monoisotopic (exact) mass is 323 g/mol. The Morgan fingerprint density at radius 1 is 1.04 bits per heavy atom. The zero-order valence-corrected chi connectivity index (χ0v) is 13.6. The quantitative estimate of drug-likeness (QED) is 0.849. The minimum absolute atomic E-state index is 0.0981. The molecule has 4 rings (SSSR count). The van der Waals surface area contributed by atoms with Crippen molar-refractivity contribution in [1.29, 1.82) is 0 Å². The van der Waals surface area contributed by atoms with Gasteiger partial charge in [0.05, 0.1) is 12.3 Å². The van der Waals surface area contributed by atoms with Crippen LogP contribution in [-0.4, -0.2) is 17.5 Å². The number of fused-ring (bicyclic) bond motifs is 1. The van der Waals surface area contributed by atoms with Gasteiger partial charge >= 0.3 is 5.97 Å². The third-order valence-corrected chi connectivity index (χ3v) is 5.39. The number of nitrogens with one attached hydrogen (secondary N) is 1. The maximum atomic E-state index is 12.9. The highest BCUT2D eigenvalue weighted by molar-refractivity contribution is 6.04. The fourth-order valence-electron chi connectivity index (χ4n) is 4.18. The predicted molar refractivity (Wildman–Crippen MR) is 92.6 cm³/mol. The summed E-state index contributed by atoms with van der Waals surface area (Å²) < 4.78 is 5.65. The van der Waals surface area contributed by atoms with Crippen molar-refractivity contribution in [3.05, 3.63) is 42.5 Å². The average Bonchev–Trinajstić information content (AvgIpc) is 2.91. The normalized spacial score (nSPS) is 22.5. The van der Waals surface area contributed by atoms with Crippen LogP contribution in [-0.2, 0) is 14.3 Å². The van der Waals surface area contributed by atoms with Crippen LogP contribution in [0.15, 0.2) is 42.5 Å². The molecule has 1 saturated carbocycles. The molecule has 0 aromatic heterocycles. The van der Waals surface area contributed by atoms with E-state index in [2.05, 4.69) is 5.32 Å². The van der Waals surface area contributed by atoms with Crippen molar-refractivity contribution in [3.63, 3.8) is 0 Å². The van der Waals surface area contributed by atoms with Gasteiger partial charge in [-0.3, -0.25) is 9.59 Å². The Bertz CT molecular complexity index is 787. The van der Waals surface area contributed by atoms with Gasteiger partial charge in [0.15, 0.2) is 0 Å². The smallest absolute Gasteiger partial charge is 0.307 e. The van der Waals surface area contributed by atoms with E-state index in [1.54, 1.807) is 0 Å². The molecule has 4 nitrogen and oxygen atoms in total. The minimum atomic E-state index is -0.579. The lowest BCUT2D eigenvalue weighted by molar-refractivity contribution is -0.153. The van der Waals surface area contributed by atoms with Crippen LogP contribution in [0.3, 0.4) is 0 Å². The molecule has 0 bridgehead atoms. The third kappa shape index (κ3) is 2.56. The Kier molecular flexibility index (Phi) is 3.75. The number of carbonyl (C=O) groups is 2. The molecule has 1 atom stereocenters. The van der Waals surface area contributed by atoms with Gasteiger partial charge in [-0.1, -0.05) is 42.8 Å². The Labute approximate surface area is 141 Å². The molecule has 1 heterocycles. The second-order valence-corrected chi connectivity index (χ2v) is 6.87. The van der Waals surface area contributed by atoms with Crippen molar-refractivity contribution < 1.29 is 14.3 Å². The zero-order valence-electron chi connectivity index (χ0n) is 13.6. The summed E-state index contributed by atoms with van der Waals surface area (Å²) in [5, 5.41) is 5.14. The van der Waals surface area contributed by atoms with Gasteiger partial charge in [-0.05, 0) is 37.1 Å². The number of carbonyl (C=O) groups excluding carboxylic acids is 2. The van der Waals surface area contributed by atoms with Gasteiger partial charge in [0, 0.05) is 11.1 Å². The van der Waals surface area contributed by atoms with E-state index in [-0.39, 0.29) is 24.2 Å². The lowest BCUT2D eigenvalue weighted by Crippen LogP contribution is -2.43. The molecule has 4 heteroatoms. The molecule has 124 valence electrons. The van der Waals surface area contributed by atoms with E-state index in [4.69, 9.17) is 4.74 Å². The van der Waals surface area contributed by atoms with Gasteiger partial charge in [0.2, 0.25) is 5.91 Å². The predicted octanol–water partition coefficient (Wildman–Crippen LogP) is 4.04. The number of hydrogen-bond donors (Lipinski definition) is 1. The van der Waals surface area contributed by atoms with E-state index in [0.29, 0.717) is 0 Å². The van der Waals surface area contributed by atoms with E-state index < -0.39 is 5.60 Å². The number of esters is 1. The van der Waals surface area contributed by atoms with Crippen molar-refractivity contribution >= 4 is 28.3 Å². The van der Waals surface area contributed by atoms with Crippen LogP contribution in [0.1, 0.15) is 38.5 Å². The maximum Gasteiger partial charge on any atom is 0.307 e. The third-order valence-electron chi connectivity index (χ3n) is 5.39. The van der Waals surface area contributed by atoms with Crippen LogP contribution < -0.4 is 5.32 Å². The Balaban J connectivity index is 1.62. The van der Waals surface area contributed by atoms with Crippen molar-refractivity contribution in [2.24, 2.45) is 5.92 Å². The van der Waals surface area contributed by atoms with Crippen LogP contribution in [0.4, 0.5) is 5.69 Å². The van der Waals surface area contributed by atoms with Crippen LogP contribution in [0.25, 0.3) is 10.8 Å². The number of anilines is 1. The first-order chi connectivity index (χ1) is 11.7. The fraction of sp³-hybridized carbons (Fsp3) is 0.400. The summed E-state index contributed by atoms with van der Waals surface area (Å²) in [4.78, 5) is 24.8. The first-order valence-corrected chi connectivity index (χ1v) is 8.68. The molecule has 2 fully saturated rings. The Morgan fingerprint density at radius 3 is 2.62 bits per heavy atom. The molecule has 1 N–H and O–H groups in total. The molecule has 2 aromatic carbocycles. The van der Waals surface area contributed by atoms with E-state index >= 15 is 0 Å². The van der Waals surface area contributed by atoms with Crippen LogP contribution in [0.2, 0.25) is 0 Å². The Hall–Kier alpha value is -2.36. The van der Waals surface area contributed by atoms with Gasteiger partial charge < -0.3 is 10.1 Å². The van der Waals surface area contributed by atoms with Gasteiger partial charge in [-0.25, -0.2) is 0 Å². The molecule has 1 aliphatic heterocycles. The molecule has 24 heavy (non-hydrogen) atoms. The van der Waals surface area contributed by atoms with Crippen LogP contribution in [0.5, 0.6) is 0 Å². The van der Waals surface area contributed by atoms with E-state index in [0.717, 1.165) is 48.6 Å². The molecule has 2 aromatic rings. The number of rotatable bonds is 2. The molecular formula is C20H21NO3. The molecule has 1 saturated heterocycles. The molecular weight excluding hydrogens is 302 g/mol. The first-order valence-electron chi connectivity index (χ1n) is 8.68. The second kappa shape index (κ2) is 5.93. The number of amides is 1. The number of hydrogen-bond acceptors (Lipinski definition) is 3. The average molecular weight is 323 g/mol. The highest BCUT2D eigenvalue weighted by atomic mass is 16.6. The minimum Gasteiger partial charge on any atom is -0.458 e. The standard InChI is InChI=1S/C20H21NO3/c22-18-13-16(20(24-18)11-4-1-5-12-20)19(23)21-17-10-6-8-14-7-2-3-9-15(14)17/h2-3,6-10,16H,1,4-5,11-13H2,(H,21,23)/t16-/m1/s1. The maximum absolute atomic E-state index is 12.9. The van der Waals surface area contributed by atoms with Gasteiger partial charge in [-0.2, -0.15) is 0 Å². The zero-order chi connectivity index (χ0) is 16.6. The highest BCUT2D eigenvalue weighted by Gasteiger charge is 2.52. The summed E-state index contributed by atoms with van der Waals surface area (Å²) in [7, 11) is 0. The summed E-state index contributed by atoms with van der Waals surface area (Å²) in [5.41, 5.74) is 0.215. The molecule has 1 aliphatic carbocycles. The van der Waals surface area contributed by atoms with Crippen LogP contribution >= 0.6 is 0 Å². The largest absolute Gasteiger partial charge is 0.458 e. The summed E-state index contributed by atoms with van der Waals surface area (Å²) in [6, 6.07) is 13.8. The topological polar surface area (TPSA) is 55.4 Å². The number of benzene rings is 2. The molecule has 0 radical (unpaired) electrons. The summed E-state index contributed by atoms with van der Waals surface area (Å²) in [5.74, 6) is -0.724. The van der Waals surface area contributed by atoms with Gasteiger partial charge in [-0.15, -0.1) is 0 Å². The van der Waals surface area contributed by atoms with Gasteiger partial charge in [0.25, 0.3) is 0 Å². The molecule has 2 aliphatic rings. The van der Waals surface area contributed by atoms with Gasteiger partial charge in [0.1, 0.15) is 5.60 Å². The molecule has 0 unspecified atom stereocenters. The van der Waals surface area contributed by atoms with Crippen LogP contribution in [0, 0.1) is 5.92 Å². The first kappa shape index (κ1) is 15.2. The van der Waals surface area contributed by atoms with Crippen molar-refractivity contribution in [3.8, 4) is 0 Å². The lowest BCUT2D eigenvalue weighted by Gasteiger charge is -2.36. The SMILES string of the molecule is O=C1C[C@H](C(=O)Nc2cccc3ccccc23)C2(CCCCC2)O1. The lowest BCUT2D eigenvalue weighted by atomic mass is 9.75. The summed E-state index contributed by atoms with van der Waals surface area (Å²) >= 11 is 0. The Morgan fingerprint density at radius 2 is 1.79 bits per heavy atom. The van der Waals surface area contributed by atoms with Crippen molar-refractivity contribution in [1.82, 2.24) is 0 Å². The highest BCUT2D eigenvalue weighted by Crippen LogP contribution is 2.44. The fourth-order valence-corrected chi connectivity index (χ4v) is 4.18. The number of ether oxygens (including phenoxy) is 1. The van der Waals surface area contributed by atoms with Crippen molar-refractivity contribution in [2.45, 2.75) is 44.1 Å². The van der Waals surface area contributed by atoms with E-state index in [1.807, 2.05) is 42.5 Å². The van der Waals surface area contributed by atoms with E-state index in [1.165, 1.54) is 0 Å². The summed E-state index contributed by atoms with van der Waals surface area (Å²) in [6.07, 6.45) is 4.98. The van der Waals surface area contributed by atoms with E-state index in [9.17, 15) is 9.59 Å². The molecule has 1 spiro atoms. The second-order valence-electron chi connectivity index (χ2n) is 6.87. The summed E-state index contributed by atoms with van der Waals surface area (Å²) in [6.45, 7) is 0. The molecule has 1 amide bonds. The van der Waals surface area contributed by atoms with Crippen molar-refractivity contribution in [2.75, 3.05) is 5.32 Å².